The Morgan fingerprint density at radius 2 is 1.16 bits per heavy atom. The third kappa shape index (κ3) is 3.51. The molecule has 0 amide bonds. The van der Waals surface area contributed by atoms with E-state index in [1.54, 1.807) is 13.0 Å². The molecule has 126 valence electrons. The molecule has 0 aliphatic rings. The molecule has 0 aromatic heterocycles. The summed E-state index contributed by atoms with van der Waals surface area (Å²) >= 11 is 0. The summed E-state index contributed by atoms with van der Waals surface area (Å²) in [6, 6.07) is 28.1. The van der Waals surface area contributed by atoms with E-state index in [2.05, 4.69) is 0 Å². The molecule has 1 N–H and O–H groups in total. The minimum Gasteiger partial charge on any atom is -0.378 e. The van der Waals surface area contributed by atoms with Crippen molar-refractivity contribution in [2.45, 2.75) is 12.3 Å². The van der Waals surface area contributed by atoms with Crippen molar-refractivity contribution in [3.63, 3.8) is 0 Å². The third-order valence-electron chi connectivity index (χ3n) is 4.27. The molecule has 0 saturated carbocycles. The summed E-state index contributed by atoms with van der Waals surface area (Å²) in [5, 5.41) is 11.0. The summed E-state index contributed by atoms with van der Waals surface area (Å²) in [6.07, 6.45) is 3.46. The van der Waals surface area contributed by atoms with Gasteiger partial charge in [-0.1, -0.05) is 97.1 Å². The summed E-state index contributed by atoms with van der Waals surface area (Å²) in [7, 11) is -3.30. The monoisotopic (exact) mass is 348 g/mol. The molecule has 0 spiro atoms. The molecule has 3 aromatic carbocycles. The highest BCUT2D eigenvalue weighted by atomic mass is 31.2. The van der Waals surface area contributed by atoms with Gasteiger partial charge in [0.25, 0.3) is 0 Å². The van der Waals surface area contributed by atoms with Crippen LogP contribution in [-0.4, -0.2) is 10.4 Å². The van der Waals surface area contributed by atoms with Gasteiger partial charge in [-0.25, -0.2) is 0 Å². The Labute approximate surface area is 148 Å². The molecule has 0 saturated heterocycles. The van der Waals surface area contributed by atoms with Gasteiger partial charge in [-0.05, 0) is 18.6 Å². The van der Waals surface area contributed by atoms with Gasteiger partial charge in [0, 0.05) is 10.6 Å². The lowest BCUT2D eigenvalue weighted by Crippen LogP contribution is -2.33. The normalized spacial score (nSPS) is 14.3. The van der Waals surface area contributed by atoms with Crippen LogP contribution in [0, 0.1) is 0 Å². The number of aliphatic hydroxyl groups is 1. The van der Waals surface area contributed by atoms with Gasteiger partial charge in [0.15, 0.2) is 7.14 Å². The zero-order valence-corrected chi connectivity index (χ0v) is 15.0. The highest BCUT2D eigenvalue weighted by Gasteiger charge is 2.43. The van der Waals surface area contributed by atoms with Crippen molar-refractivity contribution >= 4 is 23.8 Å². The molecule has 3 rings (SSSR count). The highest BCUT2D eigenvalue weighted by Crippen LogP contribution is 2.55. The molecule has 0 aliphatic carbocycles. The lowest BCUT2D eigenvalue weighted by molar-refractivity contribution is 0.196. The van der Waals surface area contributed by atoms with Crippen LogP contribution in [0.5, 0.6) is 0 Å². The molecule has 0 bridgehead atoms. The maximum Gasteiger partial charge on any atom is 0.176 e. The molecule has 0 heterocycles. The number of hydrogen-bond acceptors (Lipinski definition) is 2. The van der Waals surface area contributed by atoms with Crippen LogP contribution < -0.4 is 10.6 Å². The van der Waals surface area contributed by atoms with Gasteiger partial charge in [0.2, 0.25) is 0 Å². The molecule has 0 radical (unpaired) electrons. The van der Waals surface area contributed by atoms with E-state index in [1.165, 1.54) is 0 Å². The van der Waals surface area contributed by atoms with Crippen molar-refractivity contribution < 1.29 is 9.67 Å². The van der Waals surface area contributed by atoms with Gasteiger partial charge in [-0.15, -0.1) is 0 Å². The van der Waals surface area contributed by atoms with E-state index in [4.69, 9.17) is 0 Å². The average molecular weight is 348 g/mol. The fourth-order valence-corrected chi connectivity index (χ4v) is 5.68. The molecule has 0 fully saturated rings. The topological polar surface area (TPSA) is 37.3 Å². The van der Waals surface area contributed by atoms with E-state index >= 15 is 0 Å². The first-order chi connectivity index (χ1) is 12.0. The van der Waals surface area contributed by atoms with Crippen molar-refractivity contribution in [1.82, 2.24) is 0 Å². The molecule has 2 nitrogen and oxygen atoms in total. The molecular formula is C22H21O2P. The van der Waals surface area contributed by atoms with Gasteiger partial charge < -0.3 is 9.67 Å². The summed E-state index contributed by atoms with van der Waals surface area (Å²) in [5.41, 5.74) is 0.954. The zero-order valence-electron chi connectivity index (χ0n) is 14.1. The predicted octanol–water partition coefficient (Wildman–Crippen LogP) is 4.42. The van der Waals surface area contributed by atoms with Gasteiger partial charge in [0.1, 0.15) is 5.34 Å². The summed E-state index contributed by atoms with van der Waals surface area (Å²) < 4.78 is 14.2. The molecule has 1 atom stereocenters. The lowest BCUT2D eigenvalue weighted by atomic mass is 10.2. The van der Waals surface area contributed by atoms with E-state index in [1.807, 2.05) is 97.1 Å². The molecule has 0 aliphatic heterocycles. The van der Waals surface area contributed by atoms with Crippen molar-refractivity contribution in [2.24, 2.45) is 0 Å². The minimum atomic E-state index is -3.30. The van der Waals surface area contributed by atoms with E-state index in [0.29, 0.717) is 10.6 Å². The van der Waals surface area contributed by atoms with Crippen molar-refractivity contribution in [3.05, 3.63) is 103 Å². The quantitative estimate of drug-likeness (QED) is 0.693. The lowest BCUT2D eigenvalue weighted by Gasteiger charge is -2.31. The van der Waals surface area contributed by atoms with Crippen molar-refractivity contribution in [1.29, 1.82) is 0 Å². The molecule has 3 aromatic rings. The Kier molecular flexibility index (Phi) is 5.03. The Morgan fingerprint density at radius 1 is 0.760 bits per heavy atom. The standard InChI is InChI=1S/C22H21O2P/c1-22(23,18-17-19-11-5-2-6-12-19)25(24,20-13-7-3-8-14-20)21-15-9-4-10-16-21/h2-18,23H,1H3. The number of benzene rings is 3. The van der Waals surface area contributed by atoms with Gasteiger partial charge in [-0.3, -0.25) is 0 Å². The SMILES string of the molecule is CC(O)(C=Cc1ccccc1)P(=O)(c1ccccc1)c1ccccc1. The highest BCUT2D eigenvalue weighted by molar-refractivity contribution is 7.80. The zero-order chi connectivity index (χ0) is 17.8. The van der Waals surface area contributed by atoms with Crippen molar-refractivity contribution in [2.75, 3.05) is 0 Å². The smallest absolute Gasteiger partial charge is 0.176 e. The van der Waals surface area contributed by atoms with Crippen LogP contribution in [-0.2, 0) is 4.57 Å². The second kappa shape index (κ2) is 7.23. The number of rotatable bonds is 5. The fraction of sp³-hybridized carbons (Fsp3) is 0.0909. The minimum absolute atomic E-state index is 0.643. The summed E-state index contributed by atoms with van der Waals surface area (Å²) in [5.74, 6) is 0. The second-order valence-corrected chi connectivity index (χ2v) is 9.28. The van der Waals surface area contributed by atoms with Gasteiger partial charge in [-0.2, -0.15) is 0 Å². The van der Waals surface area contributed by atoms with E-state index in [0.717, 1.165) is 5.56 Å². The van der Waals surface area contributed by atoms with Gasteiger partial charge in [0.05, 0.1) is 0 Å². The van der Waals surface area contributed by atoms with Crippen LogP contribution >= 0.6 is 7.14 Å². The van der Waals surface area contributed by atoms with E-state index in [-0.39, 0.29) is 0 Å². The van der Waals surface area contributed by atoms with Crippen LogP contribution in [0.1, 0.15) is 12.5 Å². The summed E-state index contributed by atoms with van der Waals surface area (Å²) in [6.45, 7) is 1.62. The maximum atomic E-state index is 14.2. The Morgan fingerprint density at radius 3 is 1.60 bits per heavy atom. The van der Waals surface area contributed by atoms with Crippen LogP contribution in [0.25, 0.3) is 6.08 Å². The van der Waals surface area contributed by atoms with Crippen LogP contribution in [0.15, 0.2) is 97.1 Å². The first-order valence-corrected chi connectivity index (χ1v) is 9.93. The second-order valence-electron chi connectivity index (χ2n) is 6.12. The summed E-state index contributed by atoms with van der Waals surface area (Å²) in [4.78, 5) is 0. The number of hydrogen-bond donors (Lipinski definition) is 1. The average Bonchev–Trinajstić information content (AvgIpc) is 2.68. The Hall–Kier alpha value is -2.41. The van der Waals surface area contributed by atoms with Crippen LogP contribution in [0.3, 0.4) is 0 Å². The first-order valence-electron chi connectivity index (χ1n) is 8.22. The maximum absolute atomic E-state index is 14.2. The molecule has 3 heteroatoms. The largest absolute Gasteiger partial charge is 0.378 e. The molecule has 25 heavy (non-hydrogen) atoms. The van der Waals surface area contributed by atoms with Crippen LogP contribution in [0.4, 0.5) is 0 Å². The van der Waals surface area contributed by atoms with E-state index < -0.39 is 12.5 Å². The predicted molar refractivity (Wildman–Crippen MR) is 106 cm³/mol. The first kappa shape index (κ1) is 17.4. The molecule has 1 unspecified atom stereocenters. The Balaban J connectivity index is 2.11. The molecular weight excluding hydrogens is 327 g/mol. The third-order valence-corrected chi connectivity index (χ3v) is 7.74. The Bertz CT molecular complexity index is 842. The van der Waals surface area contributed by atoms with Crippen molar-refractivity contribution in [3.8, 4) is 0 Å². The fourth-order valence-electron chi connectivity index (χ4n) is 2.87. The van der Waals surface area contributed by atoms with Crippen LogP contribution in [0.2, 0.25) is 0 Å². The van der Waals surface area contributed by atoms with Gasteiger partial charge >= 0.3 is 0 Å². The van der Waals surface area contributed by atoms with E-state index in [9.17, 15) is 9.67 Å².